The van der Waals surface area contributed by atoms with Crippen LogP contribution in [0.2, 0.25) is 0 Å². The Labute approximate surface area is 87.3 Å². The molecule has 0 saturated carbocycles. The van der Waals surface area contributed by atoms with Gasteiger partial charge < -0.3 is 4.90 Å². The van der Waals surface area contributed by atoms with E-state index >= 15 is 0 Å². The standard InChI is InChI=1S/C12H22N2/c1-13-7-10-6-11(9-13)12-4-2-3-5-14(12)8-10/h10-12H,2-9H2,1H3/t10?,11?,12-/m0/s1. The Kier molecular flexibility index (Phi) is 2.29. The number of rotatable bonds is 0. The van der Waals surface area contributed by atoms with Crippen molar-refractivity contribution in [2.24, 2.45) is 11.8 Å². The van der Waals surface area contributed by atoms with Gasteiger partial charge in [0.2, 0.25) is 0 Å². The van der Waals surface area contributed by atoms with Gasteiger partial charge in [-0.15, -0.1) is 0 Å². The quantitative estimate of drug-likeness (QED) is 0.575. The second kappa shape index (κ2) is 3.49. The van der Waals surface area contributed by atoms with Crippen LogP contribution in [0.1, 0.15) is 25.7 Å². The van der Waals surface area contributed by atoms with Crippen LogP contribution in [-0.2, 0) is 0 Å². The van der Waals surface area contributed by atoms with Gasteiger partial charge in [-0.05, 0) is 44.7 Å². The number of hydrogen-bond donors (Lipinski definition) is 0. The summed E-state index contributed by atoms with van der Waals surface area (Å²) in [5.74, 6) is 1.97. The van der Waals surface area contributed by atoms with Crippen LogP contribution in [0.4, 0.5) is 0 Å². The van der Waals surface area contributed by atoms with E-state index in [1.807, 2.05) is 0 Å². The summed E-state index contributed by atoms with van der Waals surface area (Å²) >= 11 is 0. The first kappa shape index (κ1) is 9.17. The summed E-state index contributed by atoms with van der Waals surface area (Å²) in [6.07, 6.45) is 5.93. The third kappa shape index (κ3) is 1.49. The molecule has 3 heterocycles. The molecule has 0 aromatic carbocycles. The molecule has 2 unspecified atom stereocenters. The SMILES string of the molecule is CN1CC2CC(C1)[C@@H]1CCCCN1C2. The van der Waals surface area contributed by atoms with Gasteiger partial charge in [-0.1, -0.05) is 6.42 Å². The van der Waals surface area contributed by atoms with Gasteiger partial charge in [-0.25, -0.2) is 0 Å². The molecule has 0 N–H and O–H groups in total. The van der Waals surface area contributed by atoms with Gasteiger partial charge in [0, 0.05) is 25.7 Å². The van der Waals surface area contributed by atoms with Crippen molar-refractivity contribution in [1.29, 1.82) is 0 Å². The molecule has 3 rings (SSSR count). The summed E-state index contributed by atoms with van der Waals surface area (Å²) in [4.78, 5) is 5.36. The van der Waals surface area contributed by atoms with E-state index in [-0.39, 0.29) is 0 Å². The zero-order chi connectivity index (χ0) is 9.54. The molecule has 3 aliphatic rings. The fourth-order valence-electron chi connectivity index (χ4n) is 4.01. The Balaban J connectivity index is 1.76. The van der Waals surface area contributed by atoms with Crippen LogP contribution in [0.25, 0.3) is 0 Å². The molecule has 2 nitrogen and oxygen atoms in total. The molecule has 14 heavy (non-hydrogen) atoms. The highest BCUT2D eigenvalue weighted by atomic mass is 15.2. The third-order valence-electron chi connectivity index (χ3n) is 4.45. The lowest BCUT2D eigenvalue weighted by Crippen LogP contribution is -2.58. The van der Waals surface area contributed by atoms with Crippen LogP contribution >= 0.6 is 0 Å². The first-order valence-corrected chi connectivity index (χ1v) is 6.25. The number of piperidine rings is 3. The summed E-state index contributed by atoms with van der Waals surface area (Å²) < 4.78 is 0. The first-order valence-electron chi connectivity index (χ1n) is 6.25. The Morgan fingerprint density at radius 1 is 1.07 bits per heavy atom. The summed E-state index contributed by atoms with van der Waals surface area (Å²) in [6.45, 7) is 5.49. The highest BCUT2D eigenvalue weighted by Crippen LogP contribution is 2.36. The molecule has 3 saturated heterocycles. The molecule has 0 radical (unpaired) electrons. The summed E-state index contributed by atoms with van der Waals surface area (Å²) in [7, 11) is 2.30. The monoisotopic (exact) mass is 194 g/mol. The molecular formula is C12H22N2. The minimum atomic E-state index is 0.947. The van der Waals surface area contributed by atoms with Gasteiger partial charge in [0.25, 0.3) is 0 Å². The normalized spacial score (nSPS) is 44.8. The topological polar surface area (TPSA) is 6.48 Å². The van der Waals surface area contributed by atoms with Crippen LogP contribution in [0.3, 0.4) is 0 Å². The average Bonchev–Trinajstić information content (AvgIpc) is 2.17. The van der Waals surface area contributed by atoms with E-state index in [2.05, 4.69) is 16.8 Å². The van der Waals surface area contributed by atoms with Crippen LogP contribution in [0, 0.1) is 11.8 Å². The van der Waals surface area contributed by atoms with E-state index in [9.17, 15) is 0 Å². The van der Waals surface area contributed by atoms with Crippen LogP contribution in [0.15, 0.2) is 0 Å². The highest BCUT2D eigenvalue weighted by molar-refractivity contribution is 4.94. The molecule has 2 bridgehead atoms. The first-order chi connectivity index (χ1) is 6.83. The Morgan fingerprint density at radius 3 is 2.93 bits per heavy atom. The summed E-state index contributed by atoms with van der Waals surface area (Å²) in [5, 5.41) is 0. The van der Waals surface area contributed by atoms with E-state index in [1.165, 1.54) is 51.9 Å². The Hall–Kier alpha value is -0.0800. The molecule has 3 fully saturated rings. The van der Waals surface area contributed by atoms with Crippen molar-refractivity contribution in [2.45, 2.75) is 31.7 Å². The predicted molar refractivity (Wildman–Crippen MR) is 58.3 cm³/mol. The molecule has 3 atom stereocenters. The number of hydrogen-bond acceptors (Lipinski definition) is 2. The molecular weight excluding hydrogens is 172 g/mol. The van der Waals surface area contributed by atoms with E-state index in [4.69, 9.17) is 0 Å². The lowest BCUT2D eigenvalue weighted by atomic mass is 9.76. The maximum absolute atomic E-state index is 2.80. The lowest BCUT2D eigenvalue weighted by Gasteiger charge is -2.52. The lowest BCUT2D eigenvalue weighted by molar-refractivity contribution is -0.0231. The fraction of sp³-hybridized carbons (Fsp3) is 1.00. The van der Waals surface area contributed by atoms with Crippen molar-refractivity contribution in [3.8, 4) is 0 Å². The van der Waals surface area contributed by atoms with E-state index < -0.39 is 0 Å². The van der Waals surface area contributed by atoms with Crippen molar-refractivity contribution in [3.05, 3.63) is 0 Å². The van der Waals surface area contributed by atoms with Crippen LogP contribution in [0.5, 0.6) is 0 Å². The van der Waals surface area contributed by atoms with Crippen molar-refractivity contribution in [2.75, 3.05) is 33.2 Å². The van der Waals surface area contributed by atoms with Gasteiger partial charge in [0.05, 0.1) is 0 Å². The second-order valence-corrected chi connectivity index (χ2v) is 5.64. The Bertz CT molecular complexity index is 214. The minimum Gasteiger partial charge on any atom is -0.306 e. The third-order valence-corrected chi connectivity index (χ3v) is 4.45. The van der Waals surface area contributed by atoms with E-state index in [0.29, 0.717) is 0 Å². The number of fused-ring (bicyclic) bond motifs is 4. The Morgan fingerprint density at radius 2 is 2.00 bits per heavy atom. The molecule has 80 valence electrons. The van der Waals surface area contributed by atoms with E-state index in [0.717, 1.165) is 17.9 Å². The molecule has 0 amide bonds. The molecule has 0 aromatic heterocycles. The van der Waals surface area contributed by atoms with Gasteiger partial charge >= 0.3 is 0 Å². The van der Waals surface area contributed by atoms with Gasteiger partial charge in [0.15, 0.2) is 0 Å². The average molecular weight is 194 g/mol. The van der Waals surface area contributed by atoms with Crippen molar-refractivity contribution in [1.82, 2.24) is 9.80 Å². The van der Waals surface area contributed by atoms with Crippen LogP contribution < -0.4 is 0 Å². The summed E-state index contributed by atoms with van der Waals surface area (Å²) in [6, 6.07) is 0.947. The largest absolute Gasteiger partial charge is 0.306 e. The zero-order valence-corrected chi connectivity index (χ0v) is 9.28. The number of nitrogens with zero attached hydrogens (tertiary/aromatic N) is 2. The van der Waals surface area contributed by atoms with Gasteiger partial charge in [-0.2, -0.15) is 0 Å². The van der Waals surface area contributed by atoms with Crippen LogP contribution in [-0.4, -0.2) is 49.1 Å². The van der Waals surface area contributed by atoms with Crippen molar-refractivity contribution >= 4 is 0 Å². The summed E-state index contributed by atoms with van der Waals surface area (Å²) in [5.41, 5.74) is 0. The van der Waals surface area contributed by atoms with Crippen molar-refractivity contribution in [3.63, 3.8) is 0 Å². The molecule has 0 aliphatic carbocycles. The number of likely N-dealkylation sites (tertiary alicyclic amines) is 1. The zero-order valence-electron chi connectivity index (χ0n) is 9.28. The molecule has 0 aromatic rings. The van der Waals surface area contributed by atoms with Crippen molar-refractivity contribution < 1.29 is 0 Å². The second-order valence-electron chi connectivity index (χ2n) is 5.64. The minimum absolute atomic E-state index is 0.947. The predicted octanol–water partition coefficient (Wildman–Crippen LogP) is 1.42. The molecule has 0 spiro atoms. The van der Waals surface area contributed by atoms with Gasteiger partial charge in [0.1, 0.15) is 0 Å². The maximum Gasteiger partial charge on any atom is 0.0136 e. The van der Waals surface area contributed by atoms with Gasteiger partial charge in [-0.3, -0.25) is 4.90 Å². The maximum atomic E-state index is 2.80. The molecule has 3 aliphatic heterocycles. The fourth-order valence-corrected chi connectivity index (χ4v) is 4.01. The smallest absolute Gasteiger partial charge is 0.0136 e. The molecule has 2 heteroatoms. The van der Waals surface area contributed by atoms with E-state index in [1.54, 1.807) is 0 Å². The highest BCUT2D eigenvalue weighted by Gasteiger charge is 2.40.